The molecule has 1 aromatic rings. The molecule has 1 unspecified atom stereocenters. The molecule has 2 N–H and O–H groups in total. The fourth-order valence-corrected chi connectivity index (χ4v) is 2.45. The van der Waals surface area contributed by atoms with Crippen LogP contribution in [0.15, 0.2) is 17.5 Å². The summed E-state index contributed by atoms with van der Waals surface area (Å²) in [5, 5.41) is 7.93. The van der Waals surface area contributed by atoms with Crippen LogP contribution in [0.2, 0.25) is 0 Å². The maximum absolute atomic E-state index is 11.4. The predicted octanol–water partition coefficient (Wildman–Crippen LogP) is 2.39. The second kappa shape index (κ2) is 5.34. The van der Waals surface area contributed by atoms with Crippen LogP contribution in [0.3, 0.4) is 0 Å². The second-order valence-electron chi connectivity index (χ2n) is 4.52. The lowest BCUT2D eigenvalue weighted by molar-refractivity contribution is 0.239. The average molecular weight is 238 g/mol. The first kappa shape index (κ1) is 11.5. The fraction of sp³-hybridized carbons (Fsp3) is 0.583. The Bertz CT molecular complexity index is 333. The molecule has 1 aromatic heterocycles. The summed E-state index contributed by atoms with van der Waals surface area (Å²) < 4.78 is 0. The summed E-state index contributed by atoms with van der Waals surface area (Å²) >= 11 is 1.78. The second-order valence-corrected chi connectivity index (χ2v) is 5.55. The molecule has 88 valence electrons. The van der Waals surface area contributed by atoms with Crippen molar-refractivity contribution in [1.82, 2.24) is 10.6 Å². The lowest BCUT2D eigenvalue weighted by Gasteiger charge is -2.12. The van der Waals surface area contributed by atoms with Crippen LogP contribution in [-0.4, -0.2) is 18.6 Å². The van der Waals surface area contributed by atoms with Crippen molar-refractivity contribution >= 4 is 17.4 Å². The molecule has 0 aromatic carbocycles. The molecular weight excluding hydrogens is 220 g/mol. The largest absolute Gasteiger partial charge is 0.338 e. The number of hydrogen-bond donors (Lipinski definition) is 2. The molecule has 2 amide bonds. The molecule has 3 nitrogen and oxygen atoms in total. The van der Waals surface area contributed by atoms with Gasteiger partial charge in [0.15, 0.2) is 0 Å². The highest BCUT2D eigenvalue weighted by molar-refractivity contribution is 7.09. The van der Waals surface area contributed by atoms with Crippen molar-refractivity contribution in [2.45, 2.75) is 32.2 Å². The minimum absolute atomic E-state index is 0.0134. The molecular formula is C12H18N2OS. The summed E-state index contributed by atoms with van der Waals surface area (Å²) in [6.45, 7) is 2.91. The molecule has 1 fully saturated rings. The molecule has 0 radical (unpaired) electrons. The smallest absolute Gasteiger partial charge is 0.315 e. The van der Waals surface area contributed by atoms with Crippen molar-refractivity contribution in [1.29, 1.82) is 0 Å². The number of carbonyl (C=O) groups excluding carboxylic acids is 1. The Labute approximate surface area is 100 Å². The van der Waals surface area contributed by atoms with E-state index in [-0.39, 0.29) is 6.03 Å². The van der Waals surface area contributed by atoms with Crippen LogP contribution in [0.25, 0.3) is 0 Å². The first-order valence-corrected chi connectivity index (χ1v) is 6.69. The zero-order valence-electron chi connectivity index (χ0n) is 9.53. The van der Waals surface area contributed by atoms with E-state index < -0.39 is 0 Å². The number of hydrogen-bond acceptors (Lipinski definition) is 2. The average Bonchev–Trinajstić information content (AvgIpc) is 2.91. The molecule has 4 heteroatoms. The molecule has 0 bridgehead atoms. The van der Waals surface area contributed by atoms with Crippen LogP contribution in [0.5, 0.6) is 0 Å². The minimum atomic E-state index is -0.0134. The Morgan fingerprint density at radius 3 is 3.06 bits per heavy atom. The Morgan fingerprint density at radius 1 is 1.62 bits per heavy atom. The normalized spacial score (nSPS) is 16.8. The molecule has 1 saturated carbocycles. The number of carbonyl (C=O) groups is 1. The predicted molar refractivity (Wildman–Crippen MR) is 66.7 cm³/mol. The Balaban J connectivity index is 1.62. The monoisotopic (exact) mass is 238 g/mol. The van der Waals surface area contributed by atoms with E-state index in [2.05, 4.69) is 35.1 Å². The van der Waals surface area contributed by atoms with Gasteiger partial charge < -0.3 is 10.6 Å². The van der Waals surface area contributed by atoms with Crippen molar-refractivity contribution in [2.75, 3.05) is 6.54 Å². The summed E-state index contributed by atoms with van der Waals surface area (Å²) in [5.74, 6) is 0.489. The van der Waals surface area contributed by atoms with Crippen molar-refractivity contribution in [3.05, 3.63) is 22.4 Å². The number of nitrogens with one attached hydrogen (secondary N) is 2. The van der Waals surface area contributed by atoms with Crippen LogP contribution in [0.4, 0.5) is 4.79 Å². The zero-order valence-corrected chi connectivity index (χ0v) is 10.3. The third-order valence-electron chi connectivity index (χ3n) is 2.65. The van der Waals surface area contributed by atoms with Gasteiger partial charge in [0.25, 0.3) is 0 Å². The molecule has 1 aliphatic rings. The maximum Gasteiger partial charge on any atom is 0.315 e. The highest BCUT2D eigenvalue weighted by atomic mass is 32.1. The van der Waals surface area contributed by atoms with Crippen LogP contribution < -0.4 is 10.6 Å². The molecule has 2 rings (SSSR count). The summed E-state index contributed by atoms with van der Waals surface area (Å²) in [7, 11) is 0. The van der Waals surface area contributed by atoms with E-state index in [0.29, 0.717) is 12.0 Å². The van der Waals surface area contributed by atoms with Gasteiger partial charge in [-0.3, -0.25) is 0 Å². The first-order chi connectivity index (χ1) is 7.74. The van der Waals surface area contributed by atoms with E-state index in [4.69, 9.17) is 0 Å². The molecule has 16 heavy (non-hydrogen) atoms. The molecule has 1 atom stereocenters. The van der Waals surface area contributed by atoms with E-state index in [1.807, 2.05) is 0 Å². The Kier molecular flexibility index (Phi) is 3.83. The number of thiophene rings is 1. The van der Waals surface area contributed by atoms with Gasteiger partial charge in [0.05, 0.1) is 0 Å². The van der Waals surface area contributed by atoms with Crippen molar-refractivity contribution in [2.24, 2.45) is 5.92 Å². The van der Waals surface area contributed by atoms with E-state index in [1.165, 1.54) is 4.88 Å². The fourth-order valence-electron chi connectivity index (χ4n) is 1.58. The van der Waals surface area contributed by atoms with Gasteiger partial charge in [-0.1, -0.05) is 13.0 Å². The highest BCUT2D eigenvalue weighted by Gasteiger charge is 2.23. The molecule has 0 spiro atoms. The third kappa shape index (κ3) is 3.85. The van der Waals surface area contributed by atoms with Gasteiger partial charge in [-0.2, -0.15) is 0 Å². The maximum atomic E-state index is 11.4. The van der Waals surface area contributed by atoms with Gasteiger partial charge in [-0.05, 0) is 36.6 Å². The summed E-state index contributed by atoms with van der Waals surface area (Å²) in [6, 6.07) is 4.64. The number of rotatable bonds is 5. The van der Waals surface area contributed by atoms with Crippen LogP contribution in [-0.2, 0) is 6.42 Å². The third-order valence-corrected chi connectivity index (χ3v) is 3.55. The molecule has 0 aliphatic heterocycles. The van der Waals surface area contributed by atoms with Crippen molar-refractivity contribution in [3.8, 4) is 0 Å². The first-order valence-electron chi connectivity index (χ1n) is 5.81. The summed E-state index contributed by atoms with van der Waals surface area (Å²) in [4.78, 5) is 12.8. The minimum Gasteiger partial charge on any atom is -0.338 e. The van der Waals surface area contributed by atoms with Crippen molar-refractivity contribution < 1.29 is 4.79 Å². The van der Waals surface area contributed by atoms with Gasteiger partial charge in [-0.15, -0.1) is 11.3 Å². The Hall–Kier alpha value is -1.03. The summed E-state index contributed by atoms with van der Waals surface area (Å²) in [6.07, 6.45) is 3.32. The standard InChI is InChI=1S/C12H18N2OS/c1-9(7-11-3-2-6-16-11)8-13-12(15)14-10-4-5-10/h2-3,6,9-10H,4-5,7-8H2,1H3,(H2,13,14,15). The van der Waals surface area contributed by atoms with E-state index in [0.717, 1.165) is 25.8 Å². The van der Waals surface area contributed by atoms with Crippen molar-refractivity contribution in [3.63, 3.8) is 0 Å². The van der Waals surface area contributed by atoms with E-state index >= 15 is 0 Å². The quantitative estimate of drug-likeness (QED) is 0.812. The van der Waals surface area contributed by atoms with Gasteiger partial charge in [0.1, 0.15) is 0 Å². The zero-order chi connectivity index (χ0) is 11.4. The number of amides is 2. The van der Waals surface area contributed by atoms with Gasteiger partial charge in [0, 0.05) is 17.5 Å². The van der Waals surface area contributed by atoms with E-state index in [9.17, 15) is 4.79 Å². The molecule has 1 heterocycles. The van der Waals surface area contributed by atoms with Crippen LogP contribution in [0.1, 0.15) is 24.6 Å². The highest BCUT2D eigenvalue weighted by Crippen LogP contribution is 2.18. The SMILES string of the molecule is CC(CNC(=O)NC1CC1)Cc1cccs1. The van der Waals surface area contributed by atoms with Gasteiger partial charge >= 0.3 is 6.03 Å². The summed E-state index contributed by atoms with van der Waals surface area (Å²) in [5.41, 5.74) is 0. The van der Waals surface area contributed by atoms with Crippen LogP contribution >= 0.6 is 11.3 Å². The van der Waals surface area contributed by atoms with Gasteiger partial charge in [0.2, 0.25) is 0 Å². The number of urea groups is 1. The topological polar surface area (TPSA) is 41.1 Å². The molecule has 1 aliphatic carbocycles. The van der Waals surface area contributed by atoms with Gasteiger partial charge in [-0.25, -0.2) is 4.79 Å². The lowest BCUT2D eigenvalue weighted by Crippen LogP contribution is -2.39. The molecule has 0 saturated heterocycles. The Morgan fingerprint density at radius 2 is 2.44 bits per heavy atom. The lowest BCUT2D eigenvalue weighted by atomic mass is 10.1. The van der Waals surface area contributed by atoms with Crippen LogP contribution in [0, 0.1) is 5.92 Å². The van der Waals surface area contributed by atoms with E-state index in [1.54, 1.807) is 11.3 Å².